The molecule has 16 heavy (non-hydrogen) atoms. The fourth-order valence-electron chi connectivity index (χ4n) is 1.61. The number of hydrogen-bond donors (Lipinski definition) is 0. The van der Waals surface area contributed by atoms with Gasteiger partial charge in [-0.15, -0.1) is 0 Å². The van der Waals surface area contributed by atoms with Crippen LogP contribution >= 0.6 is 0 Å². The number of hydrogen-bond acceptors (Lipinski definition) is 2. The summed E-state index contributed by atoms with van der Waals surface area (Å²) in [7, 11) is 3.52. The van der Waals surface area contributed by atoms with E-state index in [9.17, 15) is 9.59 Å². The Morgan fingerprint density at radius 1 is 0.750 bits per heavy atom. The number of carbonyl (C=O) groups excluding carboxylic acids is 2. The van der Waals surface area contributed by atoms with Crippen LogP contribution in [0.25, 0.3) is 0 Å². The lowest BCUT2D eigenvalue weighted by Crippen LogP contribution is -2.65. The Labute approximate surface area is 98.6 Å². The van der Waals surface area contributed by atoms with Gasteiger partial charge in [-0.3, -0.25) is 9.59 Å². The van der Waals surface area contributed by atoms with Crippen LogP contribution in [0.3, 0.4) is 0 Å². The second-order valence-electron chi connectivity index (χ2n) is 5.27. The molecule has 0 fully saturated rings. The van der Waals surface area contributed by atoms with E-state index in [1.807, 2.05) is 27.7 Å². The van der Waals surface area contributed by atoms with E-state index in [4.69, 9.17) is 0 Å². The zero-order chi connectivity index (χ0) is 13.3. The van der Waals surface area contributed by atoms with Gasteiger partial charge in [0.05, 0.1) is 11.1 Å². The second-order valence-corrected chi connectivity index (χ2v) is 5.27. The van der Waals surface area contributed by atoms with Crippen LogP contribution in [0.2, 0.25) is 0 Å². The summed E-state index contributed by atoms with van der Waals surface area (Å²) in [6.07, 6.45) is 0. The third kappa shape index (κ3) is 2.36. The van der Waals surface area contributed by atoms with Gasteiger partial charge in [0.1, 0.15) is 0 Å². The minimum absolute atomic E-state index is 0.00460. The molecule has 0 saturated heterocycles. The molecule has 0 aromatic carbocycles. The van der Waals surface area contributed by atoms with E-state index >= 15 is 0 Å². The molecular formula is C12H24N2O2. The van der Waals surface area contributed by atoms with Gasteiger partial charge in [-0.05, 0) is 27.7 Å². The van der Waals surface area contributed by atoms with Gasteiger partial charge in [0.15, 0.2) is 0 Å². The summed E-state index contributed by atoms with van der Waals surface area (Å²) in [5, 5.41) is 0. The minimum Gasteiger partial charge on any atom is -0.339 e. The smallest absolute Gasteiger partial charge is 0.219 e. The predicted octanol–water partition coefficient (Wildman–Crippen LogP) is 1.50. The minimum atomic E-state index is -0.431. The van der Waals surface area contributed by atoms with Crippen molar-refractivity contribution in [2.45, 2.75) is 52.6 Å². The molecule has 2 amide bonds. The Kier molecular flexibility index (Phi) is 4.14. The van der Waals surface area contributed by atoms with E-state index in [1.54, 1.807) is 23.9 Å². The summed E-state index contributed by atoms with van der Waals surface area (Å²) >= 11 is 0. The number of carbonyl (C=O) groups is 2. The first-order chi connectivity index (χ1) is 6.96. The fourth-order valence-corrected chi connectivity index (χ4v) is 1.61. The number of nitrogens with zero attached hydrogens (tertiary/aromatic N) is 2. The maximum Gasteiger partial charge on any atom is 0.219 e. The van der Waals surface area contributed by atoms with E-state index in [-0.39, 0.29) is 11.8 Å². The highest BCUT2D eigenvalue weighted by molar-refractivity contribution is 5.76. The van der Waals surface area contributed by atoms with Crippen molar-refractivity contribution >= 4 is 11.8 Å². The summed E-state index contributed by atoms with van der Waals surface area (Å²) in [6.45, 7) is 10.9. The molecule has 0 radical (unpaired) electrons. The molecule has 0 aromatic heterocycles. The summed E-state index contributed by atoms with van der Waals surface area (Å²) in [5.41, 5.74) is -0.863. The largest absolute Gasteiger partial charge is 0.339 e. The zero-order valence-electron chi connectivity index (χ0n) is 11.7. The Bertz CT molecular complexity index is 265. The van der Waals surface area contributed by atoms with Crippen molar-refractivity contribution in [2.24, 2.45) is 0 Å². The van der Waals surface area contributed by atoms with E-state index in [2.05, 4.69) is 0 Å². The highest BCUT2D eigenvalue weighted by Crippen LogP contribution is 2.31. The Hall–Kier alpha value is -1.06. The van der Waals surface area contributed by atoms with Crippen molar-refractivity contribution in [1.82, 2.24) is 9.80 Å². The van der Waals surface area contributed by atoms with Crippen molar-refractivity contribution in [3.8, 4) is 0 Å². The molecular weight excluding hydrogens is 204 g/mol. The normalized spacial score (nSPS) is 12.2. The Balaban J connectivity index is 5.27. The lowest BCUT2D eigenvalue weighted by Gasteiger charge is -2.51. The van der Waals surface area contributed by atoms with Crippen molar-refractivity contribution in [1.29, 1.82) is 0 Å². The summed E-state index contributed by atoms with van der Waals surface area (Å²) in [5.74, 6) is -0.00921. The highest BCUT2D eigenvalue weighted by Gasteiger charge is 2.45. The van der Waals surface area contributed by atoms with Crippen molar-refractivity contribution in [3.05, 3.63) is 0 Å². The summed E-state index contributed by atoms with van der Waals surface area (Å²) in [6, 6.07) is 0. The molecule has 0 saturated carbocycles. The van der Waals surface area contributed by atoms with E-state index < -0.39 is 11.1 Å². The molecule has 0 aromatic rings. The molecule has 94 valence electrons. The third-order valence-corrected chi connectivity index (χ3v) is 4.12. The van der Waals surface area contributed by atoms with Crippen LogP contribution in [0, 0.1) is 0 Å². The van der Waals surface area contributed by atoms with Crippen LogP contribution in [0.15, 0.2) is 0 Å². The van der Waals surface area contributed by atoms with Crippen LogP contribution in [0.5, 0.6) is 0 Å². The van der Waals surface area contributed by atoms with Crippen molar-refractivity contribution in [2.75, 3.05) is 14.1 Å². The zero-order valence-corrected chi connectivity index (χ0v) is 11.7. The third-order valence-electron chi connectivity index (χ3n) is 4.12. The molecule has 0 atom stereocenters. The van der Waals surface area contributed by atoms with Gasteiger partial charge < -0.3 is 9.80 Å². The number of amides is 2. The van der Waals surface area contributed by atoms with Crippen molar-refractivity contribution in [3.63, 3.8) is 0 Å². The van der Waals surface area contributed by atoms with Crippen LogP contribution in [0.1, 0.15) is 41.5 Å². The molecule has 0 aliphatic heterocycles. The molecule has 0 rings (SSSR count). The average Bonchev–Trinajstić information content (AvgIpc) is 2.14. The van der Waals surface area contributed by atoms with Crippen LogP contribution < -0.4 is 0 Å². The molecule has 0 spiro atoms. The lowest BCUT2D eigenvalue weighted by molar-refractivity contribution is -0.146. The Morgan fingerprint density at radius 3 is 1.06 bits per heavy atom. The maximum atomic E-state index is 11.5. The molecule has 4 nitrogen and oxygen atoms in total. The van der Waals surface area contributed by atoms with Crippen LogP contribution in [0.4, 0.5) is 0 Å². The van der Waals surface area contributed by atoms with Crippen molar-refractivity contribution < 1.29 is 9.59 Å². The average molecular weight is 228 g/mol. The van der Waals surface area contributed by atoms with Gasteiger partial charge in [0.25, 0.3) is 0 Å². The van der Waals surface area contributed by atoms with Gasteiger partial charge >= 0.3 is 0 Å². The molecule has 0 N–H and O–H groups in total. The first-order valence-electron chi connectivity index (χ1n) is 5.45. The number of likely N-dealkylation sites (N-methyl/N-ethyl adjacent to an activating group) is 2. The fraction of sp³-hybridized carbons (Fsp3) is 0.833. The van der Waals surface area contributed by atoms with Gasteiger partial charge in [-0.1, -0.05) is 0 Å². The summed E-state index contributed by atoms with van der Waals surface area (Å²) in [4.78, 5) is 26.3. The van der Waals surface area contributed by atoms with E-state index in [0.29, 0.717) is 0 Å². The molecule has 0 unspecified atom stereocenters. The molecule has 4 heteroatoms. The first-order valence-corrected chi connectivity index (χ1v) is 5.45. The van der Waals surface area contributed by atoms with Crippen LogP contribution in [-0.4, -0.2) is 46.8 Å². The van der Waals surface area contributed by atoms with Gasteiger partial charge in [-0.2, -0.15) is 0 Å². The number of rotatable bonds is 3. The first kappa shape index (κ1) is 14.9. The van der Waals surface area contributed by atoms with Gasteiger partial charge in [0, 0.05) is 27.9 Å². The van der Waals surface area contributed by atoms with Gasteiger partial charge in [-0.25, -0.2) is 0 Å². The van der Waals surface area contributed by atoms with E-state index in [0.717, 1.165) is 0 Å². The highest BCUT2D eigenvalue weighted by atomic mass is 16.2. The molecule has 0 heterocycles. The standard InChI is InChI=1S/C12H24N2O2/c1-9(15)13(7)11(3,4)12(5,6)14(8)10(2)16/h1-8H3. The molecule has 0 aliphatic rings. The maximum absolute atomic E-state index is 11.5. The SMILES string of the molecule is CC(=O)N(C)C(C)(C)C(C)(C)N(C)C(C)=O. The quantitative estimate of drug-likeness (QED) is 0.734. The molecule has 0 bridgehead atoms. The predicted molar refractivity (Wildman–Crippen MR) is 65.0 cm³/mol. The van der Waals surface area contributed by atoms with Gasteiger partial charge in [0.2, 0.25) is 11.8 Å². The summed E-state index contributed by atoms with van der Waals surface area (Å²) < 4.78 is 0. The van der Waals surface area contributed by atoms with E-state index in [1.165, 1.54) is 13.8 Å². The lowest BCUT2D eigenvalue weighted by atomic mass is 9.79. The second kappa shape index (κ2) is 4.44. The monoisotopic (exact) mass is 228 g/mol. The topological polar surface area (TPSA) is 40.6 Å². The molecule has 0 aliphatic carbocycles. The Morgan fingerprint density at radius 2 is 0.938 bits per heavy atom. The van der Waals surface area contributed by atoms with Crippen LogP contribution in [-0.2, 0) is 9.59 Å².